The molecule has 0 radical (unpaired) electrons. The van der Waals surface area contributed by atoms with Gasteiger partial charge in [0.15, 0.2) is 5.69 Å². The van der Waals surface area contributed by atoms with Crippen LogP contribution in [0.1, 0.15) is 48.4 Å². The van der Waals surface area contributed by atoms with Crippen molar-refractivity contribution in [2.24, 2.45) is 0 Å². The van der Waals surface area contributed by atoms with Crippen molar-refractivity contribution in [3.63, 3.8) is 0 Å². The van der Waals surface area contributed by atoms with E-state index in [9.17, 15) is 4.79 Å². The molecule has 1 amide bonds. The van der Waals surface area contributed by atoms with E-state index in [4.69, 9.17) is 4.52 Å². The van der Waals surface area contributed by atoms with Gasteiger partial charge in [-0.15, -0.1) is 0 Å². The van der Waals surface area contributed by atoms with Gasteiger partial charge in [-0.05, 0) is 38.3 Å². The second kappa shape index (κ2) is 7.31. The van der Waals surface area contributed by atoms with Crippen LogP contribution in [0.25, 0.3) is 0 Å². The molecule has 0 atom stereocenters. The predicted octanol–water partition coefficient (Wildman–Crippen LogP) is 3.20. The van der Waals surface area contributed by atoms with Gasteiger partial charge in [-0.25, -0.2) is 0 Å². The Bertz CT molecular complexity index is 635. The first-order valence-corrected chi connectivity index (χ1v) is 8.32. The summed E-state index contributed by atoms with van der Waals surface area (Å²) in [4.78, 5) is 14.3. The lowest BCUT2D eigenvalue weighted by Crippen LogP contribution is -2.30. The van der Waals surface area contributed by atoms with Crippen molar-refractivity contribution < 1.29 is 9.32 Å². The van der Waals surface area contributed by atoms with Crippen LogP contribution < -0.4 is 10.2 Å². The minimum absolute atomic E-state index is 0.150. The van der Waals surface area contributed by atoms with Crippen molar-refractivity contribution >= 4 is 11.6 Å². The Morgan fingerprint density at radius 3 is 2.83 bits per heavy atom. The SMILES string of the molecule is CCN(CCCNC(=O)c1cc(C2CC2)on1)c1ccccc1. The molecule has 23 heavy (non-hydrogen) atoms. The second-order valence-corrected chi connectivity index (χ2v) is 5.91. The highest BCUT2D eigenvalue weighted by Crippen LogP contribution is 2.40. The Hall–Kier alpha value is -2.30. The van der Waals surface area contributed by atoms with Gasteiger partial charge >= 0.3 is 0 Å². The van der Waals surface area contributed by atoms with Crippen molar-refractivity contribution in [1.82, 2.24) is 10.5 Å². The van der Waals surface area contributed by atoms with Crippen LogP contribution in [0.3, 0.4) is 0 Å². The van der Waals surface area contributed by atoms with E-state index in [-0.39, 0.29) is 5.91 Å². The van der Waals surface area contributed by atoms with E-state index in [0.717, 1.165) is 38.1 Å². The summed E-state index contributed by atoms with van der Waals surface area (Å²) in [5, 5.41) is 6.77. The van der Waals surface area contributed by atoms with E-state index in [2.05, 4.69) is 34.4 Å². The molecule has 1 aromatic carbocycles. The molecule has 0 saturated heterocycles. The van der Waals surface area contributed by atoms with E-state index < -0.39 is 0 Å². The van der Waals surface area contributed by atoms with Crippen LogP contribution in [0.4, 0.5) is 5.69 Å². The number of nitrogens with zero attached hydrogens (tertiary/aromatic N) is 2. The maximum Gasteiger partial charge on any atom is 0.273 e. The number of aromatic nitrogens is 1. The molecule has 1 N–H and O–H groups in total. The fourth-order valence-electron chi connectivity index (χ4n) is 2.63. The Labute approximate surface area is 136 Å². The molecule has 1 heterocycles. The topological polar surface area (TPSA) is 58.4 Å². The van der Waals surface area contributed by atoms with Gasteiger partial charge < -0.3 is 14.7 Å². The molecule has 122 valence electrons. The Morgan fingerprint density at radius 1 is 1.35 bits per heavy atom. The zero-order valence-electron chi connectivity index (χ0n) is 13.5. The number of para-hydroxylation sites is 1. The van der Waals surface area contributed by atoms with Gasteiger partial charge in [0.1, 0.15) is 5.76 Å². The number of rotatable bonds is 8. The molecule has 2 aromatic rings. The Kier molecular flexibility index (Phi) is 4.95. The molecular formula is C18H23N3O2. The lowest BCUT2D eigenvalue weighted by Gasteiger charge is -2.23. The first kappa shape index (κ1) is 15.6. The normalized spacial score (nSPS) is 13.8. The fraction of sp³-hybridized carbons (Fsp3) is 0.444. The van der Waals surface area contributed by atoms with Crippen LogP contribution in [-0.4, -0.2) is 30.7 Å². The van der Waals surface area contributed by atoms with Crippen molar-refractivity contribution in [1.29, 1.82) is 0 Å². The predicted molar refractivity (Wildman–Crippen MR) is 89.8 cm³/mol. The quantitative estimate of drug-likeness (QED) is 0.760. The van der Waals surface area contributed by atoms with Crippen LogP contribution >= 0.6 is 0 Å². The molecule has 5 nitrogen and oxygen atoms in total. The van der Waals surface area contributed by atoms with Gasteiger partial charge in [0.25, 0.3) is 5.91 Å². The molecule has 1 aliphatic carbocycles. The summed E-state index contributed by atoms with van der Waals surface area (Å²) >= 11 is 0. The first-order valence-electron chi connectivity index (χ1n) is 8.32. The maximum atomic E-state index is 12.0. The number of benzene rings is 1. The van der Waals surface area contributed by atoms with Gasteiger partial charge in [-0.3, -0.25) is 4.79 Å². The lowest BCUT2D eigenvalue weighted by atomic mass is 10.2. The zero-order valence-corrected chi connectivity index (χ0v) is 13.5. The summed E-state index contributed by atoms with van der Waals surface area (Å²) in [6.07, 6.45) is 3.17. The summed E-state index contributed by atoms with van der Waals surface area (Å²) < 4.78 is 5.21. The Balaban J connectivity index is 1.42. The molecule has 1 aliphatic rings. The van der Waals surface area contributed by atoms with E-state index in [1.54, 1.807) is 6.07 Å². The third-order valence-electron chi connectivity index (χ3n) is 4.13. The Morgan fingerprint density at radius 2 is 2.13 bits per heavy atom. The average molecular weight is 313 g/mol. The highest BCUT2D eigenvalue weighted by Gasteiger charge is 2.28. The molecule has 0 bridgehead atoms. The average Bonchev–Trinajstić information content (AvgIpc) is 3.32. The van der Waals surface area contributed by atoms with Gasteiger partial charge in [-0.1, -0.05) is 23.4 Å². The molecule has 0 unspecified atom stereocenters. The summed E-state index contributed by atoms with van der Waals surface area (Å²) in [5.74, 6) is 1.17. The summed E-state index contributed by atoms with van der Waals surface area (Å²) in [6.45, 7) is 4.63. The fourth-order valence-corrected chi connectivity index (χ4v) is 2.63. The van der Waals surface area contributed by atoms with E-state index in [1.165, 1.54) is 5.69 Å². The minimum atomic E-state index is -0.150. The van der Waals surface area contributed by atoms with Gasteiger partial charge in [0.2, 0.25) is 0 Å². The van der Waals surface area contributed by atoms with Crippen molar-refractivity contribution in [3.8, 4) is 0 Å². The molecule has 3 rings (SSSR count). The smallest absolute Gasteiger partial charge is 0.273 e. The molecule has 1 saturated carbocycles. The number of carbonyl (C=O) groups excluding carboxylic acids is 1. The van der Waals surface area contributed by atoms with Crippen LogP contribution in [0.15, 0.2) is 40.9 Å². The van der Waals surface area contributed by atoms with E-state index in [1.807, 2.05) is 18.2 Å². The third-order valence-corrected chi connectivity index (χ3v) is 4.13. The van der Waals surface area contributed by atoms with Gasteiger partial charge in [-0.2, -0.15) is 0 Å². The van der Waals surface area contributed by atoms with Gasteiger partial charge in [0.05, 0.1) is 0 Å². The van der Waals surface area contributed by atoms with E-state index in [0.29, 0.717) is 18.2 Å². The lowest BCUT2D eigenvalue weighted by molar-refractivity contribution is 0.0944. The molecule has 1 fully saturated rings. The molecular weight excluding hydrogens is 290 g/mol. The highest BCUT2D eigenvalue weighted by molar-refractivity contribution is 5.92. The van der Waals surface area contributed by atoms with Crippen LogP contribution in [0.5, 0.6) is 0 Å². The second-order valence-electron chi connectivity index (χ2n) is 5.91. The number of hydrogen-bond acceptors (Lipinski definition) is 4. The summed E-state index contributed by atoms with van der Waals surface area (Å²) in [5.41, 5.74) is 1.61. The van der Waals surface area contributed by atoms with Crippen molar-refractivity contribution in [2.75, 3.05) is 24.5 Å². The highest BCUT2D eigenvalue weighted by atomic mass is 16.5. The minimum Gasteiger partial charge on any atom is -0.372 e. The number of hydrogen-bond donors (Lipinski definition) is 1. The molecule has 0 aliphatic heterocycles. The van der Waals surface area contributed by atoms with Crippen LogP contribution in [-0.2, 0) is 0 Å². The number of nitrogens with one attached hydrogen (secondary N) is 1. The largest absolute Gasteiger partial charge is 0.372 e. The van der Waals surface area contributed by atoms with Gasteiger partial charge in [0, 0.05) is 37.3 Å². The number of amides is 1. The monoisotopic (exact) mass is 313 g/mol. The maximum absolute atomic E-state index is 12.0. The zero-order chi connectivity index (χ0) is 16.1. The van der Waals surface area contributed by atoms with Crippen LogP contribution in [0, 0.1) is 0 Å². The molecule has 1 aromatic heterocycles. The number of carbonyl (C=O) groups is 1. The third kappa shape index (κ3) is 4.12. The summed E-state index contributed by atoms with van der Waals surface area (Å²) in [6, 6.07) is 12.1. The number of anilines is 1. The standard InChI is InChI=1S/C18H23N3O2/c1-2-21(15-7-4-3-5-8-15)12-6-11-19-18(22)16-13-17(23-20-16)14-9-10-14/h3-5,7-8,13-14H,2,6,9-12H2,1H3,(H,19,22). The summed E-state index contributed by atoms with van der Waals surface area (Å²) in [7, 11) is 0. The van der Waals surface area contributed by atoms with Crippen LogP contribution in [0.2, 0.25) is 0 Å². The van der Waals surface area contributed by atoms with E-state index >= 15 is 0 Å². The molecule has 0 spiro atoms. The van der Waals surface area contributed by atoms with Crippen molar-refractivity contribution in [3.05, 3.63) is 47.9 Å². The molecule has 5 heteroatoms. The van der Waals surface area contributed by atoms with Crippen molar-refractivity contribution in [2.45, 2.75) is 32.1 Å². The first-order chi connectivity index (χ1) is 11.3.